The molecule has 3 aromatic rings. The first-order valence-electron chi connectivity index (χ1n) is 13.9. The maximum Gasteiger partial charge on any atom is 0.319 e. The van der Waals surface area contributed by atoms with E-state index >= 15 is 0 Å². The second-order valence-electron chi connectivity index (χ2n) is 11.3. The van der Waals surface area contributed by atoms with Gasteiger partial charge in [0.2, 0.25) is 0 Å². The Morgan fingerprint density at radius 1 is 0.872 bits per heavy atom. The Balaban J connectivity index is 1.75. The van der Waals surface area contributed by atoms with Crippen molar-refractivity contribution in [3.63, 3.8) is 0 Å². The van der Waals surface area contributed by atoms with Crippen molar-refractivity contribution in [3.8, 4) is 0 Å². The van der Waals surface area contributed by atoms with Gasteiger partial charge in [0.1, 0.15) is 5.92 Å². The number of aromatic nitrogens is 3. The first kappa shape index (κ1) is 25.3. The van der Waals surface area contributed by atoms with Crippen LogP contribution in [-0.2, 0) is 11.2 Å². The van der Waals surface area contributed by atoms with Crippen LogP contribution in [-0.4, -0.2) is 31.8 Å². The molecule has 0 spiro atoms. The van der Waals surface area contributed by atoms with E-state index in [1.807, 2.05) is 6.92 Å². The van der Waals surface area contributed by atoms with Gasteiger partial charge in [-0.3, -0.25) is 9.59 Å². The highest BCUT2D eigenvalue weighted by molar-refractivity contribution is 6.24. The Bertz CT molecular complexity index is 1770. The lowest BCUT2D eigenvalue weighted by atomic mass is 9.86. The number of carbonyl (C=O) groups is 2. The van der Waals surface area contributed by atoms with Gasteiger partial charge in [0.25, 0.3) is 0 Å². The molecule has 1 fully saturated rings. The van der Waals surface area contributed by atoms with Gasteiger partial charge in [0.05, 0.1) is 5.69 Å². The highest BCUT2D eigenvalue weighted by Crippen LogP contribution is 2.47. The zero-order valence-electron chi connectivity index (χ0n) is 23.6. The molecule has 8 bridgehead atoms. The first-order chi connectivity index (χ1) is 18.6. The summed E-state index contributed by atoms with van der Waals surface area (Å²) in [4.78, 5) is 37.0. The summed E-state index contributed by atoms with van der Waals surface area (Å²) >= 11 is 0. The zero-order valence-corrected chi connectivity index (χ0v) is 23.6. The standard InChI is InChI=1S/C32H36N4O3/c1-8-18-15(5)22-10-20-13(3)14(4)21(33-20)11-23-16(6)19(9-2)29(35-23)27-28(32(38)39)31(37)26-17(7)24(36-30(26)27)12-25(18)34-22/h10-12,16,19,28,33-36H,8-9H2,1-7H3,(H,38,39)/b22-10-,23-11-,25-12-,29-27-/t16-,19-,28+/m0/s1. The number of hydrogen-bond donors (Lipinski definition) is 5. The van der Waals surface area contributed by atoms with Crippen LogP contribution in [0, 0.1) is 45.4 Å². The molecule has 0 saturated carbocycles. The third-order valence-electron chi connectivity index (χ3n) is 9.40. The Labute approximate surface area is 227 Å². The van der Waals surface area contributed by atoms with E-state index in [0.29, 0.717) is 16.8 Å². The summed E-state index contributed by atoms with van der Waals surface area (Å²) in [5.74, 6) is -2.46. The van der Waals surface area contributed by atoms with Gasteiger partial charge in [0, 0.05) is 62.1 Å². The third-order valence-corrected chi connectivity index (χ3v) is 9.40. The molecule has 5 N–H and O–H groups in total. The third kappa shape index (κ3) is 3.48. The van der Waals surface area contributed by atoms with Crippen molar-refractivity contribution in [1.82, 2.24) is 20.3 Å². The van der Waals surface area contributed by atoms with Crippen molar-refractivity contribution in [2.24, 2.45) is 17.8 Å². The molecule has 0 unspecified atom stereocenters. The second kappa shape index (κ2) is 8.76. The lowest BCUT2D eigenvalue weighted by Gasteiger charge is -2.17. The van der Waals surface area contributed by atoms with Crippen LogP contribution in [0.3, 0.4) is 0 Å². The van der Waals surface area contributed by atoms with Crippen molar-refractivity contribution in [1.29, 1.82) is 0 Å². The molecule has 7 heteroatoms. The molecule has 0 radical (unpaired) electrons. The number of nitrogens with one attached hydrogen (secondary N) is 4. The van der Waals surface area contributed by atoms with Crippen LogP contribution in [0.5, 0.6) is 0 Å². The number of allylic oxidation sites excluding steroid dienone is 2. The van der Waals surface area contributed by atoms with Crippen LogP contribution in [0.15, 0.2) is 11.4 Å². The fourth-order valence-electron chi connectivity index (χ4n) is 6.91. The largest absolute Gasteiger partial charge is 0.480 e. The van der Waals surface area contributed by atoms with E-state index in [-0.39, 0.29) is 17.6 Å². The number of aromatic amines is 3. The van der Waals surface area contributed by atoms with Crippen LogP contribution in [0.1, 0.15) is 88.1 Å². The highest BCUT2D eigenvalue weighted by Gasteiger charge is 2.47. The minimum atomic E-state index is -1.22. The molecule has 2 aliphatic heterocycles. The number of rotatable bonds is 3. The maximum atomic E-state index is 13.7. The van der Waals surface area contributed by atoms with E-state index in [9.17, 15) is 14.7 Å². The fourth-order valence-corrected chi connectivity index (χ4v) is 6.91. The van der Waals surface area contributed by atoms with Gasteiger partial charge in [-0.15, -0.1) is 0 Å². The lowest BCUT2D eigenvalue weighted by molar-refractivity contribution is -0.138. The second-order valence-corrected chi connectivity index (χ2v) is 11.3. The van der Waals surface area contributed by atoms with E-state index in [1.54, 1.807) is 0 Å². The summed E-state index contributed by atoms with van der Waals surface area (Å²) in [5.41, 5.74) is 12.1. The quantitative estimate of drug-likeness (QED) is 0.328. The fraction of sp³-hybridized carbons (Fsp3) is 0.375. The number of ketones is 1. The Kier molecular flexibility index (Phi) is 5.68. The van der Waals surface area contributed by atoms with E-state index in [2.05, 4.69) is 80.0 Å². The predicted molar refractivity (Wildman–Crippen MR) is 154 cm³/mol. The minimum absolute atomic E-state index is 0.0702. The van der Waals surface area contributed by atoms with E-state index in [4.69, 9.17) is 0 Å². The van der Waals surface area contributed by atoms with E-state index in [0.717, 1.165) is 57.6 Å². The van der Waals surface area contributed by atoms with Gasteiger partial charge in [-0.25, -0.2) is 0 Å². The summed E-state index contributed by atoms with van der Waals surface area (Å²) in [7, 11) is 0. The number of carbonyl (C=O) groups excluding carboxylic acids is 1. The van der Waals surface area contributed by atoms with E-state index in [1.165, 1.54) is 22.3 Å². The van der Waals surface area contributed by atoms with Crippen molar-refractivity contribution in [3.05, 3.63) is 78.2 Å². The SMILES string of the molecule is CCc1c(C)/c2[nH]/c1=C\c1[nH]c3c(c1C)C(=O)[C@H](C(=O)O)/C3=C1/N/C(=C\c3[nH]c(c(C)c3C)\C=2)[C@@H](C)[C@@H]1CC. The molecule has 0 aromatic carbocycles. The van der Waals surface area contributed by atoms with Gasteiger partial charge in [0.15, 0.2) is 5.78 Å². The molecular weight excluding hydrogens is 488 g/mol. The van der Waals surface area contributed by atoms with Gasteiger partial charge in [-0.05, 0) is 86.6 Å². The Hall–Kier alpha value is -4.00. The van der Waals surface area contributed by atoms with Gasteiger partial charge >= 0.3 is 5.97 Å². The van der Waals surface area contributed by atoms with Crippen LogP contribution in [0.25, 0.3) is 23.8 Å². The molecule has 0 amide bonds. The molecule has 3 aliphatic rings. The summed E-state index contributed by atoms with van der Waals surface area (Å²) in [5, 5.41) is 15.9. The summed E-state index contributed by atoms with van der Waals surface area (Å²) < 4.78 is 0. The first-order valence-corrected chi connectivity index (χ1v) is 13.9. The van der Waals surface area contributed by atoms with Crippen LogP contribution < -0.4 is 16.0 Å². The Morgan fingerprint density at radius 3 is 2.15 bits per heavy atom. The smallest absolute Gasteiger partial charge is 0.319 e. The molecule has 3 atom stereocenters. The van der Waals surface area contributed by atoms with Crippen LogP contribution in [0.2, 0.25) is 0 Å². The average Bonchev–Trinajstić information content (AvgIpc) is 3.62. The van der Waals surface area contributed by atoms with E-state index < -0.39 is 11.9 Å². The number of aliphatic carboxylic acids is 1. The van der Waals surface area contributed by atoms with Crippen molar-refractivity contribution in [2.75, 3.05) is 0 Å². The topological polar surface area (TPSA) is 114 Å². The van der Waals surface area contributed by atoms with Gasteiger partial charge in [-0.2, -0.15) is 0 Å². The monoisotopic (exact) mass is 524 g/mol. The molecular formula is C32H36N4O3. The predicted octanol–water partition coefficient (Wildman–Crippen LogP) is 4.35. The van der Waals surface area contributed by atoms with Crippen LogP contribution in [0.4, 0.5) is 0 Å². The van der Waals surface area contributed by atoms with Gasteiger partial charge < -0.3 is 25.4 Å². The zero-order chi connectivity index (χ0) is 27.9. The van der Waals surface area contributed by atoms with Crippen molar-refractivity contribution < 1.29 is 14.7 Å². The number of carboxylic acid groups (broad SMARTS) is 1. The maximum absolute atomic E-state index is 13.7. The molecule has 202 valence electrons. The number of H-pyrrole nitrogens is 3. The molecule has 1 aliphatic carbocycles. The van der Waals surface area contributed by atoms with Crippen LogP contribution >= 0.6 is 0 Å². The number of carboxylic acids is 1. The van der Waals surface area contributed by atoms with Crippen molar-refractivity contribution >= 4 is 35.6 Å². The van der Waals surface area contributed by atoms with Crippen molar-refractivity contribution in [2.45, 2.75) is 61.3 Å². The Morgan fingerprint density at radius 2 is 1.51 bits per heavy atom. The molecule has 7 nitrogen and oxygen atoms in total. The minimum Gasteiger partial charge on any atom is -0.480 e. The summed E-state index contributed by atoms with van der Waals surface area (Å²) in [6.07, 6.45) is 8.10. The number of hydrogen-bond acceptors (Lipinski definition) is 3. The van der Waals surface area contributed by atoms with Gasteiger partial charge in [-0.1, -0.05) is 20.8 Å². The molecule has 5 heterocycles. The normalized spacial score (nSPS) is 26.5. The number of Topliss-reactive ketones (excluding diaryl/α,β-unsaturated/α-hetero) is 1. The lowest BCUT2D eigenvalue weighted by Crippen LogP contribution is -2.23. The number of fused-ring (bicyclic) bond motifs is 7. The summed E-state index contributed by atoms with van der Waals surface area (Å²) in [6, 6.07) is 0. The average molecular weight is 525 g/mol. The molecule has 39 heavy (non-hydrogen) atoms. The molecule has 6 rings (SSSR count). The molecule has 1 saturated heterocycles. The highest BCUT2D eigenvalue weighted by atomic mass is 16.4. The molecule has 3 aromatic heterocycles. The summed E-state index contributed by atoms with van der Waals surface area (Å²) in [6.45, 7) is 14.8.